The highest BCUT2D eigenvalue weighted by atomic mass is 16.5. The van der Waals surface area contributed by atoms with Crippen LogP contribution in [-0.2, 0) is 14.3 Å². The van der Waals surface area contributed by atoms with Crippen LogP contribution in [0.3, 0.4) is 0 Å². The van der Waals surface area contributed by atoms with Gasteiger partial charge in [-0.25, -0.2) is 0 Å². The Kier molecular flexibility index (Phi) is 8.89. The Hall–Kier alpha value is -1.38. The molecule has 3 nitrogen and oxygen atoms in total. The van der Waals surface area contributed by atoms with Crippen molar-refractivity contribution in [1.82, 2.24) is 0 Å². The minimum atomic E-state index is -0.647. The minimum absolute atomic E-state index is 0.0510. The van der Waals surface area contributed by atoms with Crippen molar-refractivity contribution in [3.05, 3.63) is 24.3 Å². The Bertz CT molecular complexity index is 316. The second kappa shape index (κ2) is 9.63. The van der Waals surface area contributed by atoms with E-state index in [1.165, 1.54) is 5.57 Å². The van der Waals surface area contributed by atoms with Crippen LogP contribution in [0.4, 0.5) is 0 Å². The number of esters is 1. The molecule has 0 aliphatic carbocycles. The summed E-state index contributed by atoms with van der Waals surface area (Å²) in [6.07, 6.45) is 7.00. The summed E-state index contributed by atoms with van der Waals surface area (Å²) in [5, 5.41) is 0. The zero-order valence-electron chi connectivity index (χ0n) is 11.7. The fourth-order valence-electron chi connectivity index (χ4n) is 1.49. The molecule has 0 amide bonds. The lowest BCUT2D eigenvalue weighted by molar-refractivity contribution is -0.150. The van der Waals surface area contributed by atoms with E-state index in [9.17, 15) is 9.59 Å². The monoisotopic (exact) mass is 252 g/mol. The normalized spacial score (nSPS) is 12.9. The van der Waals surface area contributed by atoms with Crippen molar-refractivity contribution in [2.24, 2.45) is 5.92 Å². The Morgan fingerprint density at radius 3 is 2.50 bits per heavy atom. The van der Waals surface area contributed by atoms with E-state index in [0.717, 1.165) is 12.8 Å². The predicted octanol–water partition coefficient (Wildman–Crippen LogP) is 3.45. The molecule has 102 valence electrons. The van der Waals surface area contributed by atoms with Crippen LogP contribution in [0.1, 0.15) is 46.5 Å². The largest absolute Gasteiger partial charge is 0.465 e. The summed E-state index contributed by atoms with van der Waals surface area (Å²) in [6, 6.07) is 0. The molecule has 0 bridgehead atoms. The van der Waals surface area contributed by atoms with Crippen LogP contribution in [0.2, 0.25) is 0 Å². The van der Waals surface area contributed by atoms with Gasteiger partial charge in [0.1, 0.15) is 11.7 Å². The van der Waals surface area contributed by atoms with E-state index in [1.807, 2.05) is 13.0 Å². The molecule has 1 atom stereocenters. The zero-order valence-corrected chi connectivity index (χ0v) is 11.7. The van der Waals surface area contributed by atoms with Crippen LogP contribution in [0.25, 0.3) is 0 Å². The van der Waals surface area contributed by atoms with Crippen molar-refractivity contribution in [1.29, 1.82) is 0 Å². The lowest BCUT2D eigenvalue weighted by Gasteiger charge is -2.09. The van der Waals surface area contributed by atoms with Gasteiger partial charge in [-0.1, -0.05) is 17.7 Å². The van der Waals surface area contributed by atoms with E-state index in [0.29, 0.717) is 19.4 Å². The van der Waals surface area contributed by atoms with Gasteiger partial charge in [0.25, 0.3) is 0 Å². The molecule has 0 heterocycles. The first-order valence-electron chi connectivity index (χ1n) is 6.48. The Morgan fingerprint density at radius 2 is 1.94 bits per heavy atom. The van der Waals surface area contributed by atoms with Gasteiger partial charge in [-0.2, -0.15) is 0 Å². The van der Waals surface area contributed by atoms with Gasteiger partial charge in [-0.15, -0.1) is 6.58 Å². The number of carbonyl (C=O) groups is 2. The highest BCUT2D eigenvalue weighted by molar-refractivity contribution is 5.98. The molecule has 0 aliphatic rings. The number of hydrogen-bond donors (Lipinski definition) is 0. The van der Waals surface area contributed by atoms with Gasteiger partial charge in [0, 0.05) is 6.42 Å². The molecule has 1 unspecified atom stereocenters. The van der Waals surface area contributed by atoms with Gasteiger partial charge in [0.15, 0.2) is 0 Å². The van der Waals surface area contributed by atoms with Gasteiger partial charge in [-0.3, -0.25) is 9.59 Å². The van der Waals surface area contributed by atoms with Gasteiger partial charge >= 0.3 is 5.97 Å². The molecule has 0 aromatic carbocycles. The molecule has 0 aromatic heterocycles. The summed E-state index contributed by atoms with van der Waals surface area (Å²) in [6.45, 7) is 9.32. The smallest absolute Gasteiger partial charge is 0.316 e. The molecule has 0 spiro atoms. The molecule has 0 fully saturated rings. The van der Waals surface area contributed by atoms with Crippen molar-refractivity contribution in [2.75, 3.05) is 6.61 Å². The van der Waals surface area contributed by atoms with E-state index in [-0.39, 0.29) is 5.78 Å². The average Bonchev–Trinajstić information content (AvgIpc) is 2.35. The summed E-state index contributed by atoms with van der Waals surface area (Å²) in [5.74, 6) is -1.12. The lowest BCUT2D eigenvalue weighted by atomic mass is 9.99. The van der Waals surface area contributed by atoms with E-state index in [1.54, 1.807) is 13.8 Å². The van der Waals surface area contributed by atoms with Crippen LogP contribution in [0, 0.1) is 5.92 Å². The first kappa shape index (κ1) is 16.6. The first-order valence-corrected chi connectivity index (χ1v) is 6.48. The topological polar surface area (TPSA) is 43.4 Å². The van der Waals surface area contributed by atoms with Gasteiger partial charge in [0.05, 0.1) is 6.61 Å². The summed E-state index contributed by atoms with van der Waals surface area (Å²) < 4.78 is 4.83. The van der Waals surface area contributed by atoms with E-state index < -0.39 is 11.9 Å². The molecule has 0 aromatic rings. The maximum Gasteiger partial charge on any atom is 0.316 e. The Balaban J connectivity index is 4.05. The molecular formula is C15H24O3. The molecule has 0 N–H and O–H groups in total. The Labute approximate surface area is 110 Å². The number of Topliss-reactive ketones (excluding diaryl/α,β-unsaturated/α-hetero) is 1. The van der Waals surface area contributed by atoms with E-state index >= 15 is 0 Å². The third-order valence-corrected chi connectivity index (χ3v) is 2.75. The minimum Gasteiger partial charge on any atom is -0.465 e. The molecule has 0 saturated heterocycles. The van der Waals surface area contributed by atoms with Crippen LogP contribution in [0.5, 0.6) is 0 Å². The number of ketones is 1. The van der Waals surface area contributed by atoms with Gasteiger partial charge in [-0.05, 0) is 40.0 Å². The van der Waals surface area contributed by atoms with Crippen molar-refractivity contribution >= 4 is 11.8 Å². The van der Waals surface area contributed by atoms with E-state index in [4.69, 9.17) is 4.74 Å². The van der Waals surface area contributed by atoms with Crippen LogP contribution in [-0.4, -0.2) is 18.4 Å². The summed E-state index contributed by atoms with van der Waals surface area (Å²) in [7, 11) is 0. The zero-order chi connectivity index (χ0) is 14.0. The molecule has 0 rings (SSSR count). The van der Waals surface area contributed by atoms with Crippen molar-refractivity contribution in [2.45, 2.75) is 46.5 Å². The van der Waals surface area contributed by atoms with Crippen molar-refractivity contribution in [3.8, 4) is 0 Å². The third kappa shape index (κ3) is 7.05. The highest BCUT2D eigenvalue weighted by Crippen LogP contribution is 2.11. The average molecular weight is 252 g/mol. The molecular weight excluding hydrogens is 228 g/mol. The lowest BCUT2D eigenvalue weighted by Crippen LogP contribution is -2.23. The van der Waals surface area contributed by atoms with Gasteiger partial charge < -0.3 is 4.74 Å². The fourth-order valence-corrected chi connectivity index (χ4v) is 1.49. The summed E-state index contributed by atoms with van der Waals surface area (Å²) in [5.41, 5.74) is 1.18. The molecule has 0 saturated carbocycles. The number of unbranched alkanes of at least 4 members (excludes halogenated alkanes) is 1. The first-order chi connectivity index (χ1) is 8.52. The van der Waals surface area contributed by atoms with Crippen molar-refractivity contribution < 1.29 is 14.3 Å². The number of rotatable bonds is 9. The fraction of sp³-hybridized carbons (Fsp3) is 0.600. The maximum absolute atomic E-state index is 11.7. The molecule has 18 heavy (non-hydrogen) atoms. The van der Waals surface area contributed by atoms with Crippen LogP contribution >= 0.6 is 0 Å². The second-order valence-corrected chi connectivity index (χ2v) is 4.36. The summed E-state index contributed by atoms with van der Waals surface area (Å²) >= 11 is 0. The van der Waals surface area contributed by atoms with Crippen LogP contribution < -0.4 is 0 Å². The highest BCUT2D eigenvalue weighted by Gasteiger charge is 2.21. The second-order valence-electron chi connectivity index (χ2n) is 4.36. The molecule has 3 heteroatoms. The van der Waals surface area contributed by atoms with Crippen molar-refractivity contribution in [3.63, 3.8) is 0 Å². The Morgan fingerprint density at radius 1 is 1.28 bits per heavy atom. The number of carbonyl (C=O) groups excluding carboxylic acids is 2. The SMILES string of the molecule is C=CCC/C=C(\C)CCC(=O)C(C)C(=O)OCC. The molecule has 0 radical (unpaired) electrons. The quantitative estimate of drug-likeness (QED) is 0.273. The number of hydrogen-bond acceptors (Lipinski definition) is 3. The summed E-state index contributed by atoms with van der Waals surface area (Å²) in [4.78, 5) is 23.1. The van der Waals surface area contributed by atoms with Crippen LogP contribution in [0.15, 0.2) is 24.3 Å². The number of ether oxygens (including phenoxy) is 1. The molecule has 0 aliphatic heterocycles. The number of allylic oxidation sites excluding steroid dienone is 3. The predicted molar refractivity (Wildman–Crippen MR) is 73.2 cm³/mol. The third-order valence-electron chi connectivity index (χ3n) is 2.75. The standard InChI is InChI=1S/C15H24O3/c1-5-7-8-9-12(3)10-11-14(16)13(4)15(17)18-6-2/h5,9,13H,1,6-8,10-11H2,2-4H3/b12-9+. The van der Waals surface area contributed by atoms with Gasteiger partial charge in [0.2, 0.25) is 0 Å². The van der Waals surface area contributed by atoms with E-state index in [2.05, 4.69) is 12.7 Å². The maximum atomic E-state index is 11.7.